The van der Waals surface area contributed by atoms with E-state index in [1.807, 2.05) is 7.05 Å². The van der Waals surface area contributed by atoms with E-state index in [1.54, 1.807) is 0 Å². The first-order valence-electron chi connectivity index (χ1n) is 6.26. The highest BCUT2D eigenvalue weighted by molar-refractivity contribution is 9.10. The van der Waals surface area contributed by atoms with Gasteiger partial charge in [-0.2, -0.15) is 0 Å². The Morgan fingerprint density at radius 2 is 2.18 bits per heavy atom. The van der Waals surface area contributed by atoms with Gasteiger partial charge >= 0.3 is 0 Å². The van der Waals surface area contributed by atoms with Crippen molar-refractivity contribution in [1.82, 2.24) is 5.32 Å². The minimum absolute atomic E-state index is 0.899. The molecule has 2 rings (SSSR count). The largest absolute Gasteiger partial charge is 0.374 e. The van der Waals surface area contributed by atoms with E-state index in [4.69, 9.17) is 0 Å². The number of nitrogens with one attached hydrogen (secondary N) is 1. The molecular weight excluding hydrogens is 276 g/mol. The molecule has 17 heavy (non-hydrogen) atoms. The normalized spacial score (nSPS) is 22.6. The lowest BCUT2D eigenvalue weighted by molar-refractivity contribution is 0.725. The van der Waals surface area contributed by atoms with Crippen LogP contribution in [0.5, 0.6) is 0 Å². The van der Waals surface area contributed by atoms with E-state index in [0.29, 0.717) is 0 Å². The molecule has 1 aromatic carbocycles. The smallest absolute Gasteiger partial charge is 0.0375 e. The van der Waals surface area contributed by atoms with Crippen molar-refractivity contribution < 1.29 is 0 Å². The lowest BCUT2D eigenvalue weighted by Crippen LogP contribution is -2.20. The van der Waals surface area contributed by atoms with E-state index in [-0.39, 0.29) is 0 Å². The van der Waals surface area contributed by atoms with Crippen LogP contribution in [-0.2, 0) is 6.54 Å². The number of benzene rings is 1. The summed E-state index contributed by atoms with van der Waals surface area (Å²) in [5, 5.41) is 3.18. The Hall–Kier alpha value is -0.540. The van der Waals surface area contributed by atoms with Gasteiger partial charge in [0.2, 0.25) is 0 Å². The molecule has 1 aliphatic rings. The van der Waals surface area contributed by atoms with Gasteiger partial charge < -0.3 is 10.2 Å². The van der Waals surface area contributed by atoms with Crippen LogP contribution in [-0.4, -0.2) is 20.6 Å². The lowest BCUT2D eigenvalue weighted by Gasteiger charge is -2.20. The fourth-order valence-electron chi connectivity index (χ4n) is 2.22. The molecule has 1 saturated carbocycles. The van der Waals surface area contributed by atoms with E-state index in [1.165, 1.54) is 28.7 Å². The van der Waals surface area contributed by atoms with E-state index >= 15 is 0 Å². The first-order chi connectivity index (χ1) is 8.11. The molecule has 3 heteroatoms. The van der Waals surface area contributed by atoms with Gasteiger partial charge in [-0.05, 0) is 43.0 Å². The van der Waals surface area contributed by atoms with Crippen molar-refractivity contribution in [3.63, 3.8) is 0 Å². The summed E-state index contributed by atoms with van der Waals surface area (Å²) >= 11 is 3.64. The average molecular weight is 297 g/mol. The van der Waals surface area contributed by atoms with Crippen molar-refractivity contribution in [1.29, 1.82) is 0 Å². The molecule has 2 nitrogen and oxygen atoms in total. The highest BCUT2D eigenvalue weighted by atomic mass is 79.9. The summed E-state index contributed by atoms with van der Waals surface area (Å²) in [6.45, 7) is 4.42. The van der Waals surface area contributed by atoms with Crippen molar-refractivity contribution >= 4 is 21.6 Å². The van der Waals surface area contributed by atoms with Gasteiger partial charge in [-0.25, -0.2) is 0 Å². The zero-order valence-electron chi connectivity index (χ0n) is 10.8. The second-order valence-corrected chi connectivity index (χ2v) is 6.01. The first-order valence-corrected chi connectivity index (χ1v) is 7.05. The zero-order valence-corrected chi connectivity index (χ0v) is 12.4. The summed E-state index contributed by atoms with van der Waals surface area (Å²) < 4.78 is 1.19. The van der Waals surface area contributed by atoms with E-state index < -0.39 is 0 Å². The monoisotopic (exact) mass is 296 g/mol. The summed E-state index contributed by atoms with van der Waals surface area (Å²) in [5.41, 5.74) is 2.61. The Bertz CT molecular complexity index is 392. The van der Waals surface area contributed by atoms with Crippen LogP contribution in [0, 0.1) is 11.8 Å². The molecule has 1 N–H and O–H groups in total. The van der Waals surface area contributed by atoms with Gasteiger partial charge in [-0.15, -0.1) is 0 Å². The highest BCUT2D eigenvalue weighted by Gasteiger charge is 2.33. The summed E-state index contributed by atoms with van der Waals surface area (Å²) in [6.07, 6.45) is 1.39. The average Bonchev–Trinajstić information content (AvgIpc) is 2.97. The van der Waals surface area contributed by atoms with Crippen molar-refractivity contribution in [2.24, 2.45) is 11.8 Å². The molecule has 0 aromatic heterocycles. The van der Waals surface area contributed by atoms with Crippen molar-refractivity contribution in [3.05, 3.63) is 28.2 Å². The van der Waals surface area contributed by atoms with E-state index in [0.717, 1.165) is 18.4 Å². The summed E-state index contributed by atoms with van der Waals surface area (Å²) in [6, 6.07) is 6.63. The van der Waals surface area contributed by atoms with Crippen LogP contribution < -0.4 is 10.2 Å². The van der Waals surface area contributed by atoms with Crippen LogP contribution in [0.15, 0.2) is 22.7 Å². The van der Waals surface area contributed by atoms with Gasteiger partial charge in [0, 0.05) is 30.3 Å². The molecule has 0 saturated heterocycles. The van der Waals surface area contributed by atoms with Crippen LogP contribution in [0.2, 0.25) is 0 Å². The second-order valence-electron chi connectivity index (χ2n) is 5.16. The van der Waals surface area contributed by atoms with Gasteiger partial charge in [0.15, 0.2) is 0 Å². The van der Waals surface area contributed by atoms with Crippen LogP contribution in [0.25, 0.3) is 0 Å². The third kappa shape index (κ3) is 3.23. The third-order valence-electron chi connectivity index (χ3n) is 3.63. The quantitative estimate of drug-likeness (QED) is 0.897. The predicted molar refractivity (Wildman–Crippen MR) is 77.4 cm³/mol. The van der Waals surface area contributed by atoms with Crippen LogP contribution in [0.3, 0.4) is 0 Å². The van der Waals surface area contributed by atoms with Crippen molar-refractivity contribution in [3.8, 4) is 0 Å². The molecule has 0 aliphatic heterocycles. The minimum Gasteiger partial charge on any atom is -0.374 e. The van der Waals surface area contributed by atoms with E-state index in [2.05, 4.69) is 58.3 Å². The molecule has 0 radical (unpaired) electrons. The summed E-state index contributed by atoms with van der Waals surface area (Å²) in [7, 11) is 4.16. The van der Waals surface area contributed by atoms with Gasteiger partial charge in [-0.1, -0.05) is 28.9 Å². The molecular formula is C14H21BrN2. The third-order valence-corrected chi connectivity index (χ3v) is 4.37. The van der Waals surface area contributed by atoms with Crippen LogP contribution in [0.4, 0.5) is 5.69 Å². The second kappa shape index (κ2) is 5.40. The fraction of sp³-hybridized carbons (Fsp3) is 0.571. The number of hydrogen-bond donors (Lipinski definition) is 1. The molecule has 94 valence electrons. The number of hydrogen-bond acceptors (Lipinski definition) is 2. The summed E-state index contributed by atoms with van der Waals surface area (Å²) in [4.78, 5) is 2.36. The Kier molecular flexibility index (Phi) is 4.10. The number of nitrogens with zero attached hydrogens (tertiary/aromatic N) is 1. The van der Waals surface area contributed by atoms with Crippen LogP contribution in [0.1, 0.15) is 18.9 Å². The molecule has 2 atom stereocenters. The molecule has 0 bridgehead atoms. The standard InChI is InChI=1S/C14H21BrN2/c1-10-6-12(10)9-17(3)13-5-4-11(8-16-2)14(15)7-13/h4-5,7,10,12,16H,6,8-9H2,1-3H3. The molecule has 1 aromatic rings. The van der Waals surface area contributed by atoms with E-state index in [9.17, 15) is 0 Å². The number of halogens is 1. The molecule has 1 fully saturated rings. The molecule has 1 aliphatic carbocycles. The molecule has 2 unspecified atom stereocenters. The predicted octanol–water partition coefficient (Wildman–Crippen LogP) is 3.26. The Labute approximate surface area is 113 Å². The fourth-order valence-corrected chi connectivity index (χ4v) is 2.72. The van der Waals surface area contributed by atoms with Gasteiger partial charge in [-0.3, -0.25) is 0 Å². The van der Waals surface area contributed by atoms with Crippen molar-refractivity contribution in [2.45, 2.75) is 19.9 Å². The van der Waals surface area contributed by atoms with Crippen LogP contribution >= 0.6 is 15.9 Å². The maximum atomic E-state index is 3.64. The summed E-state index contributed by atoms with van der Waals surface area (Å²) in [5.74, 6) is 1.82. The topological polar surface area (TPSA) is 15.3 Å². The molecule has 0 spiro atoms. The first kappa shape index (κ1) is 12.9. The molecule has 0 heterocycles. The van der Waals surface area contributed by atoms with Gasteiger partial charge in [0.05, 0.1) is 0 Å². The minimum atomic E-state index is 0.899. The lowest BCUT2D eigenvalue weighted by atomic mass is 10.2. The number of anilines is 1. The maximum absolute atomic E-state index is 3.64. The maximum Gasteiger partial charge on any atom is 0.0375 e. The van der Waals surface area contributed by atoms with Gasteiger partial charge in [0.25, 0.3) is 0 Å². The Morgan fingerprint density at radius 3 is 2.71 bits per heavy atom. The zero-order chi connectivity index (χ0) is 12.4. The van der Waals surface area contributed by atoms with Gasteiger partial charge in [0.1, 0.15) is 0 Å². The molecule has 0 amide bonds. The Morgan fingerprint density at radius 1 is 1.47 bits per heavy atom. The Balaban J connectivity index is 2.02. The SMILES string of the molecule is CNCc1ccc(N(C)CC2CC2C)cc1Br. The number of rotatable bonds is 5. The highest BCUT2D eigenvalue weighted by Crippen LogP contribution is 2.38. The van der Waals surface area contributed by atoms with Crippen molar-refractivity contribution in [2.75, 3.05) is 25.5 Å².